The van der Waals surface area contributed by atoms with Crippen LogP contribution < -0.4 is 0 Å². The predicted molar refractivity (Wildman–Crippen MR) is 81.1 cm³/mol. The van der Waals surface area contributed by atoms with Crippen molar-refractivity contribution in [2.75, 3.05) is 0 Å². The minimum Gasteiger partial charge on any atom is -0.325 e. The standard InChI is InChI=1S/C17H15N3/c1-2-14-7-3-4-8-15(14)13-20-12-11-19-17(20)16-9-5-6-10-18-16/h2-12H,1,13H2. The average molecular weight is 261 g/mol. The summed E-state index contributed by atoms with van der Waals surface area (Å²) >= 11 is 0. The highest BCUT2D eigenvalue weighted by molar-refractivity contribution is 5.53. The van der Waals surface area contributed by atoms with Crippen LogP contribution in [0.5, 0.6) is 0 Å². The Hall–Kier alpha value is -2.68. The number of rotatable bonds is 4. The number of hydrogen-bond acceptors (Lipinski definition) is 2. The van der Waals surface area contributed by atoms with Crippen molar-refractivity contribution in [3.8, 4) is 11.5 Å². The third kappa shape index (κ3) is 2.38. The van der Waals surface area contributed by atoms with Crippen molar-refractivity contribution in [2.45, 2.75) is 6.54 Å². The zero-order chi connectivity index (χ0) is 13.8. The summed E-state index contributed by atoms with van der Waals surface area (Å²) in [6, 6.07) is 14.1. The fraction of sp³-hybridized carbons (Fsp3) is 0.0588. The van der Waals surface area contributed by atoms with Gasteiger partial charge in [-0.1, -0.05) is 43.0 Å². The molecule has 1 aromatic carbocycles. The minimum atomic E-state index is 0.758. The van der Waals surface area contributed by atoms with Gasteiger partial charge in [0.2, 0.25) is 0 Å². The normalized spacial score (nSPS) is 10.4. The Bertz CT molecular complexity index is 714. The monoisotopic (exact) mass is 261 g/mol. The summed E-state index contributed by atoms with van der Waals surface area (Å²) in [5.74, 6) is 0.879. The van der Waals surface area contributed by atoms with Crippen molar-refractivity contribution in [2.24, 2.45) is 0 Å². The fourth-order valence-electron chi connectivity index (χ4n) is 2.23. The average Bonchev–Trinajstić information content (AvgIpc) is 2.97. The molecular weight excluding hydrogens is 246 g/mol. The maximum atomic E-state index is 4.41. The lowest BCUT2D eigenvalue weighted by molar-refractivity contribution is 0.802. The van der Waals surface area contributed by atoms with Crippen molar-refractivity contribution in [1.29, 1.82) is 0 Å². The zero-order valence-electron chi connectivity index (χ0n) is 11.1. The summed E-state index contributed by atoms with van der Waals surface area (Å²) in [6.07, 6.45) is 7.45. The first-order valence-corrected chi connectivity index (χ1v) is 6.51. The van der Waals surface area contributed by atoms with E-state index in [0.29, 0.717) is 0 Å². The van der Waals surface area contributed by atoms with Crippen molar-refractivity contribution in [1.82, 2.24) is 14.5 Å². The van der Waals surface area contributed by atoms with Crippen LogP contribution in [-0.4, -0.2) is 14.5 Å². The number of pyridine rings is 1. The molecule has 20 heavy (non-hydrogen) atoms. The van der Waals surface area contributed by atoms with Crippen LogP contribution in [0.4, 0.5) is 0 Å². The molecule has 0 fully saturated rings. The third-order valence-corrected chi connectivity index (χ3v) is 3.23. The van der Waals surface area contributed by atoms with Gasteiger partial charge in [-0.3, -0.25) is 4.98 Å². The molecule has 2 heterocycles. The second-order valence-corrected chi connectivity index (χ2v) is 4.50. The molecule has 0 aliphatic rings. The first-order chi connectivity index (χ1) is 9.88. The van der Waals surface area contributed by atoms with Crippen LogP contribution in [-0.2, 0) is 6.54 Å². The number of benzene rings is 1. The van der Waals surface area contributed by atoms with Gasteiger partial charge in [0.25, 0.3) is 0 Å². The van der Waals surface area contributed by atoms with E-state index in [1.807, 2.05) is 42.6 Å². The molecule has 3 nitrogen and oxygen atoms in total. The van der Waals surface area contributed by atoms with Gasteiger partial charge in [0.05, 0.1) is 0 Å². The molecule has 0 unspecified atom stereocenters. The van der Waals surface area contributed by atoms with E-state index in [0.717, 1.165) is 23.6 Å². The van der Waals surface area contributed by atoms with Crippen molar-refractivity contribution < 1.29 is 0 Å². The van der Waals surface area contributed by atoms with E-state index in [2.05, 4.69) is 33.2 Å². The Morgan fingerprint density at radius 3 is 2.65 bits per heavy atom. The second kappa shape index (κ2) is 5.53. The summed E-state index contributed by atoms with van der Waals surface area (Å²) in [6.45, 7) is 4.62. The number of imidazole rings is 1. The molecule has 0 N–H and O–H groups in total. The molecular formula is C17H15N3. The molecule has 0 aliphatic heterocycles. The SMILES string of the molecule is C=Cc1ccccc1Cn1ccnc1-c1ccccn1. The van der Waals surface area contributed by atoms with Crippen LogP contribution in [0, 0.1) is 0 Å². The Labute approximate surface area is 118 Å². The molecule has 0 saturated heterocycles. The van der Waals surface area contributed by atoms with Gasteiger partial charge in [0.15, 0.2) is 5.82 Å². The molecule has 0 atom stereocenters. The lowest BCUT2D eigenvalue weighted by Gasteiger charge is -2.10. The number of nitrogens with zero attached hydrogens (tertiary/aromatic N) is 3. The molecule has 3 aromatic rings. The van der Waals surface area contributed by atoms with E-state index in [1.165, 1.54) is 5.56 Å². The molecule has 3 heteroatoms. The van der Waals surface area contributed by atoms with Gasteiger partial charge in [-0.2, -0.15) is 0 Å². The van der Waals surface area contributed by atoms with Crippen molar-refractivity contribution >= 4 is 6.08 Å². The largest absolute Gasteiger partial charge is 0.325 e. The van der Waals surface area contributed by atoms with E-state index >= 15 is 0 Å². The third-order valence-electron chi connectivity index (χ3n) is 3.23. The van der Waals surface area contributed by atoms with Crippen LogP contribution >= 0.6 is 0 Å². The molecule has 98 valence electrons. The molecule has 0 spiro atoms. The molecule has 3 rings (SSSR count). The Kier molecular flexibility index (Phi) is 3.42. The predicted octanol–water partition coefficient (Wildman–Crippen LogP) is 3.64. The lowest BCUT2D eigenvalue weighted by atomic mass is 10.1. The van der Waals surface area contributed by atoms with Crippen LogP contribution in [0.3, 0.4) is 0 Å². The summed E-state index contributed by atoms with van der Waals surface area (Å²) < 4.78 is 2.10. The highest BCUT2D eigenvalue weighted by atomic mass is 15.1. The topological polar surface area (TPSA) is 30.7 Å². The van der Waals surface area contributed by atoms with Gasteiger partial charge >= 0.3 is 0 Å². The summed E-state index contributed by atoms with van der Waals surface area (Å²) in [7, 11) is 0. The molecule has 0 amide bonds. The zero-order valence-corrected chi connectivity index (χ0v) is 11.1. The fourth-order valence-corrected chi connectivity index (χ4v) is 2.23. The maximum absolute atomic E-state index is 4.41. The number of hydrogen-bond donors (Lipinski definition) is 0. The molecule has 0 radical (unpaired) electrons. The Morgan fingerprint density at radius 2 is 1.85 bits per heavy atom. The van der Waals surface area contributed by atoms with E-state index in [-0.39, 0.29) is 0 Å². The first-order valence-electron chi connectivity index (χ1n) is 6.51. The van der Waals surface area contributed by atoms with Gasteiger partial charge in [-0.15, -0.1) is 0 Å². The highest BCUT2D eigenvalue weighted by Gasteiger charge is 2.08. The Morgan fingerprint density at radius 1 is 1.00 bits per heavy atom. The van der Waals surface area contributed by atoms with E-state index in [4.69, 9.17) is 0 Å². The van der Waals surface area contributed by atoms with Crippen LogP contribution in [0.2, 0.25) is 0 Å². The van der Waals surface area contributed by atoms with E-state index < -0.39 is 0 Å². The van der Waals surface area contributed by atoms with Crippen molar-refractivity contribution in [3.05, 3.63) is 78.8 Å². The Balaban J connectivity index is 1.97. The van der Waals surface area contributed by atoms with Crippen LogP contribution in [0.15, 0.2) is 67.6 Å². The minimum absolute atomic E-state index is 0.758. The van der Waals surface area contributed by atoms with Gasteiger partial charge < -0.3 is 4.57 Å². The van der Waals surface area contributed by atoms with Gasteiger partial charge in [-0.05, 0) is 23.3 Å². The summed E-state index contributed by atoms with van der Waals surface area (Å²) in [4.78, 5) is 8.78. The van der Waals surface area contributed by atoms with Gasteiger partial charge in [0.1, 0.15) is 5.69 Å². The van der Waals surface area contributed by atoms with Crippen LogP contribution in [0.1, 0.15) is 11.1 Å². The van der Waals surface area contributed by atoms with Gasteiger partial charge in [0, 0.05) is 25.1 Å². The summed E-state index contributed by atoms with van der Waals surface area (Å²) in [5, 5.41) is 0. The second-order valence-electron chi connectivity index (χ2n) is 4.50. The molecule has 0 saturated carbocycles. The molecule has 0 aliphatic carbocycles. The number of aromatic nitrogens is 3. The highest BCUT2D eigenvalue weighted by Crippen LogP contribution is 2.18. The molecule has 0 bridgehead atoms. The van der Waals surface area contributed by atoms with E-state index in [1.54, 1.807) is 12.4 Å². The first kappa shape index (κ1) is 12.4. The summed E-state index contributed by atoms with van der Waals surface area (Å²) in [5.41, 5.74) is 3.25. The lowest BCUT2D eigenvalue weighted by Crippen LogP contribution is -2.03. The van der Waals surface area contributed by atoms with Gasteiger partial charge in [-0.25, -0.2) is 4.98 Å². The quantitative estimate of drug-likeness (QED) is 0.718. The maximum Gasteiger partial charge on any atom is 0.158 e. The smallest absolute Gasteiger partial charge is 0.158 e. The van der Waals surface area contributed by atoms with Crippen molar-refractivity contribution in [3.63, 3.8) is 0 Å². The van der Waals surface area contributed by atoms with E-state index in [9.17, 15) is 0 Å². The molecule has 2 aromatic heterocycles. The van der Waals surface area contributed by atoms with Crippen LogP contribution in [0.25, 0.3) is 17.6 Å².